The molecule has 24 heavy (non-hydrogen) atoms. The summed E-state index contributed by atoms with van der Waals surface area (Å²) in [6.07, 6.45) is 5.80. The highest BCUT2D eigenvalue weighted by atomic mass is 28.4. The summed E-state index contributed by atoms with van der Waals surface area (Å²) < 4.78 is 12.7. The van der Waals surface area contributed by atoms with Crippen LogP contribution in [0.2, 0.25) is 18.1 Å². The highest BCUT2D eigenvalue weighted by Gasteiger charge is 2.40. The normalized spacial score (nSPS) is 18.2. The molecule has 1 aliphatic carbocycles. The maximum atomic E-state index is 6.90. The number of rotatable bonds is 5. The Bertz CT molecular complexity index is 584. The van der Waals surface area contributed by atoms with Gasteiger partial charge in [0.15, 0.2) is 0 Å². The fourth-order valence-corrected chi connectivity index (χ4v) is 4.49. The molecule has 0 fully saturated rings. The molecular formula is C21H36O2Si. The second kappa shape index (κ2) is 7.11. The second-order valence-electron chi connectivity index (χ2n) is 8.86. The van der Waals surface area contributed by atoms with Gasteiger partial charge in [-0.15, -0.1) is 0 Å². The minimum atomic E-state index is -1.86. The van der Waals surface area contributed by atoms with Crippen LogP contribution in [0.5, 0.6) is 11.5 Å². The monoisotopic (exact) mass is 348 g/mol. The van der Waals surface area contributed by atoms with E-state index in [2.05, 4.69) is 53.8 Å². The van der Waals surface area contributed by atoms with Crippen molar-refractivity contribution in [3.63, 3.8) is 0 Å². The molecular weight excluding hydrogens is 312 g/mol. The first kappa shape index (κ1) is 19.4. The average Bonchev–Trinajstić information content (AvgIpc) is 2.48. The van der Waals surface area contributed by atoms with Crippen LogP contribution in [0.1, 0.15) is 76.5 Å². The Balaban J connectivity index is 2.63. The average molecular weight is 349 g/mol. The Morgan fingerprint density at radius 2 is 1.92 bits per heavy atom. The molecule has 0 N–H and O–H groups in total. The Hall–Kier alpha value is -0.963. The molecule has 0 amide bonds. The lowest BCUT2D eigenvalue weighted by Crippen LogP contribution is -2.44. The lowest BCUT2D eigenvalue weighted by atomic mass is 9.81. The van der Waals surface area contributed by atoms with Crippen LogP contribution in [-0.2, 0) is 12.8 Å². The minimum Gasteiger partial charge on any atom is -0.543 e. The van der Waals surface area contributed by atoms with Crippen LogP contribution in [0, 0.1) is 0 Å². The van der Waals surface area contributed by atoms with Crippen molar-refractivity contribution in [3.8, 4) is 11.5 Å². The summed E-state index contributed by atoms with van der Waals surface area (Å²) >= 11 is 0. The fourth-order valence-electron chi connectivity index (χ4n) is 3.43. The van der Waals surface area contributed by atoms with Crippen molar-refractivity contribution < 1.29 is 9.16 Å². The summed E-state index contributed by atoms with van der Waals surface area (Å²) in [7, 11) is -0.0588. The maximum absolute atomic E-state index is 6.90. The van der Waals surface area contributed by atoms with Gasteiger partial charge >= 0.3 is 0 Å². The van der Waals surface area contributed by atoms with E-state index in [1.165, 1.54) is 35.3 Å². The van der Waals surface area contributed by atoms with Crippen LogP contribution in [0.3, 0.4) is 0 Å². The van der Waals surface area contributed by atoms with Gasteiger partial charge in [-0.2, -0.15) is 0 Å². The summed E-state index contributed by atoms with van der Waals surface area (Å²) in [5.41, 5.74) is 4.17. The van der Waals surface area contributed by atoms with Crippen molar-refractivity contribution in [3.05, 3.63) is 22.8 Å². The lowest BCUT2D eigenvalue weighted by Gasteiger charge is -2.39. The van der Waals surface area contributed by atoms with E-state index in [4.69, 9.17) is 9.16 Å². The molecule has 1 aromatic carbocycles. The molecule has 0 radical (unpaired) electrons. The third kappa shape index (κ3) is 3.66. The molecule has 0 saturated heterocycles. The van der Waals surface area contributed by atoms with E-state index < -0.39 is 8.32 Å². The van der Waals surface area contributed by atoms with Gasteiger partial charge in [0.05, 0.1) is 7.11 Å². The first-order valence-electron chi connectivity index (χ1n) is 9.54. The number of hydrogen-bond donors (Lipinski definition) is 0. The zero-order valence-corrected chi connectivity index (χ0v) is 18.0. The number of benzene rings is 1. The molecule has 0 heterocycles. The van der Waals surface area contributed by atoms with Gasteiger partial charge in [0.25, 0.3) is 8.32 Å². The SMILES string of the molecule is CCCc1cc(OC)c2c(c1O[Si](C)(C)C(C)(C)C)[C@@H](C)CCC2. The molecule has 0 bridgehead atoms. The van der Waals surface area contributed by atoms with E-state index in [-0.39, 0.29) is 5.04 Å². The van der Waals surface area contributed by atoms with E-state index in [0.29, 0.717) is 5.92 Å². The lowest BCUT2D eigenvalue weighted by molar-refractivity contribution is 0.398. The van der Waals surface area contributed by atoms with Crippen LogP contribution in [0.25, 0.3) is 0 Å². The molecule has 0 aliphatic heterocycles. The Labute approximate surface area is 150 Å². The van der Waals surface area contributed by atoms with Crippen LogP contribution >= 0.6 is 0 Å². The van der Waals surface area contributed by atoms with Gasteiger partial charge in [-0.05, 0) is 61.4 Å². The van der Waals surface area contributed by atoms with Crippen molar-refractivity contribution in [1.82, 2.24) is 0 Å². The van der Waals surface area contributed by atoms with Crippen LogP contribution in [-0.4, -0.2) is 15.4 Å². The summed E-state index contributed by atoms with van der Waals surface area (Å²) in [5, 5.41) is 0.210. The van der Waals surface area contributed by atoms with Gasteiger partial charge in [0, 0.05) is 11.1 Å². The third-order valence-corrected chi connectivity index (χ3v) is 10.3. The van der Waals surface area contributed by atoms with Crippen LogP contribution < -0.4 is 9.16 Å². The Morgan fingerprint density at radius 1 is 1.25 bits per heavy atom. The highest BCUT2D eigenvalue weighted by Crippen LogP contribution is 2.47. The van der Waals surface area contributed by atoms with Crippen LogP contribution in [0.4, 0.5) is 0 Å². The predicted octanol–water partition coefficient (Wildman–Crippen LogP) is 6.47. The molecule has 2 rings (SSSR count). The van der Waals surface area contributed by atoms with Gasteiger partial charge in [-0.25, -0.2) is 0 Å². The number of methoxy groups -OCH3 is 1. The van der Waals surface area contributed by atoms with E-state index >= 15 is 0 Å². The Morgan fingerprint density at radius 3 is 2.46 bits per heavy atom. The molecule has 2 nitrogen and oxygen atoms in total. The molecule has 0 spiro atoms. The molecule has 0 aromatic heterocycles. The van der Waals surface area contributed by atoms with Crippen molar-refractivity contribution in [2.24, 2.45) is 0 Å². The zero-order valence-electron chi connectivity index (χ0n) is 17.0. The summed E-state index contributed by atoms with van der Waals surface area (Å²) in [6.45, 7) is 16.3. The molecule has 1 aromatic rings. The number of aryl methyl sites for hydroxylation is 1. The molecule has 0 saturated carbocycles. The van der Waals surface area contributed by atoms with Gasteiger partial charge in [-0.1, -0.05) is 41.0 Å². The molecule has 0 unspecified atom stereocenters. The van der Waals surface area contributed by atoms with Gasteiger partial charge in [0.1, 0.15) is 11.5 Å². The predicted molar refractivity (Wildman–Crippen MR) is 106 cm³/mol. The van der Waals surface area contributed by atoms with Crippen molar-refractivity contribution in [2.45, 2.75) is 90.8 Å². The number of fused-ring (bicyclic) bond motifs is 1. The van der Waals surface area contributed by atoms with Gasteiger partial charge < -0.3 is 9.16 Å². The smallest absolute Gasteiger partial charge is 0.250 e. The second-order valence-corrected chi connectivity index (χ2v) is 13.6. The standard InChI is InChI=1S/C21H36O2Si/c1-9-11-16-14-18(22-6)17-13-10-12-15(2)19(17)20(16)23-24(7,8)21(3,4)5/h14-15H,9-13H2,1-8H3/t15-/m0/s1. The quantitative estimate of drug-likeness (QED) is 0.568. The number of ether oxygens (including phenoxy) is 1. The minimum absolute atomic E-state index is 0.210. The fraction of sp³-hybridized carbons (Fsp3) is 0.714. The van der Waals surface area contributed by atoms with E-state index in [0.717, 1.165) is 25.0 Å². The van der Waals surface area contributed by atoms with Crippen molar-refractivity contribution in [1.29, 1.82) is 0 Å². The maximum Gasteiger partial charge on any atom is 0.250 e. The van der Waals surface area contributed by atoms with Gasteiger partial charge in [-0.3, -0.25) is 0 Å². The molecule has 1 aliphatic rings. The van der Waals surface area contributed by atoms with E-state index in [1.54, 1.807) is 7.11 Å². The van der Waals surface area contributed by atoms with E-state index in [1.807, 2.05) is 0 Å². The summed E-state index contributed by atoms with van der Waals surface area (Å²) in [5.74, 6) is 2.83. The third-order valence-electron chi connectivity index (χ3n) is 5.92. The van der Waals surface area contributed by atoms with Gasteiger partial charge in [0.2, 0.25) is 0 Å². The topological polar surface area (TPSA) is 18.5 Å². The van der Waals surface area contributed by atoms with Crippen molar-refractivity contribution in [2.75, 3.05) is 7.11 Å². The first-order chi connectivity index (χ1) is 11.1. The summed E-state index contributed by atoms with van der Waals surface area (Å²) in [4.78, 5) is 0. The molecule has 136 valence electrons. The highest BCUT2D eigenvalue weighted by molar-refractivity contribution is 6.74. The first-order valence-corrected chi connectivity index (χ1v) is 12.4. The zero-order chi connectivity index (χ0) is 18.1. The van der Waals surface area contributed by atoms with Crippen molar-refractivity contribution >= 4 is 8.32 Å². The summed E-state index contributed by atoms with van der Waals surface area (Å²) in [6, 6.07) is 2.25. The largest absolute Gasteiger partial charge is 0.543 e. The molecule has 1 atom stereocenters. The number of hydrogen-bond acceptors (Lipinski definition) is 2. The Kier molecular flexibility index (Phi) is 5.74. The molecule has 3 heteroatoms. The van der Waals surface area contributed by atoms with Crippen LogP contribution in [0.15, 0.2) is 6.07 Å². The van der Waals surface area contributed by atoms with E-state index in [9.17, 15) is 0 Å².